The summed E-state index contributed by atoms with van der Waals surface area (Å²) in [6, 6.07) is 6.75. The first-order valence-corrected chi connectivity index (χ1v) is 11.0. The molecule has 1 aliphatic heterocycles. The van der Waals surface area contributed by atoms with Gasteiger partial charge in [-0.15, -0.1) is 0 Å². The number of hydrogen-bond acceptors (Lipinski definition) is 3. The van der Waals surface area contributed by atoms with Gasteiger partial charge in [-0.1, -0.05) is 12.8 Å². The second-order valence-corrected chi connectivity index (χ2v) is 8.38. The first-order valence-electron chi connectivity index (χ1n) is 11.0. The lowest BCUT2D eigenvalue weighted by atomic mass is 9.95. The molecule has 0 spiro atoms. The van der Waals surface area contributed by atoms with Crippen molar-refractivity contribution in [2.75, 3.05) is 5.32 Å². The van der Waals surface area contributed by atoms with Gasteiger partial charge in [0.1, 0.15) is 5.82 Å². The summed E-state index contributed by atoms with van der Waals surface area (Å²) < 4.78 is 37.3. The Bertz CT molecular complexity index is 1100. The summed E-state index contributed by atoms with van der Waals surface area (Å²) >= 11 is 0. The van der Waals surface area contributed by atoms with Gasteiger partial charge in [-0.05, 0) is 55.5 Å². The van der Waals surface area contributed by atoms with Crippen molar-refractivity contribution in [2.45, 2.75) is 51.6 Å². The summed E-state index contributed by atoms with van der Waals surface area (Å²) in [7, 11) is 0. The highest BCUT2D eigenvalue weighted by Gasteiger charge is 2.29. The van der Waals surface area contributed by atoms with Crippen LogP contribution in [0.25, 0.3) is 11.1 Å². The van der Waals surface area contributed by atoms with Crippen molar-refractivity contribution < 1.29 is 18.0 Å². The molecule has 0 saturated heterocycles. The van der Waals surface area contributed by atoms with Crippen LogP contribution in [-0.4, -0.2) is 27.2 Å². The second-order valence-electron chi connectivity index (χ2n) is 8.38. The fourth-order valence-electron chi connectivity index (χ4n) is 3.90. The van der Waals surface area contributed by atoms with E-state index in [4.69, 9.17) is 0 Å². The maximum atomic E-state index is 14.9. The minimum Gasteiger partial charge on any atom is -0.331 e. The number of anilines is 1. The molecule has 1 atom stereocenters. The number of alkyl halides is 2. The molecule has 1 aliphatic carbocycles. The molecule has 3 aromatic rings. The lowest BCUT2D eigenvalue weighted by Crippen LogP contribution is -2.38. The summed E-state index contributed by atoms with van der Waals surface area (Å²) in [5.41, 5.74) is 3.96. The quantitative estimate of drug-likeness (QED) is 0.494. The number of aromatic nitrogens is 3. The molecule has 1 saturated carbocycles. The number of nitrogens with zero attached hydrogens (tertiary/aromatic N) is 3. The van der Waals surface area contributed by atoms with Crippen LogP contribution in [0.4, 0.5) is 23.7 Å². The van der Waals surface area contributed by atoms with Crippen LogP contribution in [-0.2, 0) is 6.54 Å². The number of urea groups is 1. The van der Waals surface area contributed by atoms with Gasteiger partial charge in [0, 0.05) is 41.0 Å². The maximum Gasteiger partial charge on any atom is 0.319 e. The van der Waals surface area contributed by atoms with E-state index in [2.05, 4.69) is 20.7 Å². The van der Waals surface area contributed by atoms with Crippen LogP contribution in [0.5, 0.6) is 0 Å². The van der Waals surface area contributed by atoms with E-state index in [0.717, 1.165) is 42.4 Å². The highest BCUT2D eigenvalue weighted by atomic mass is 19.3. The van der Waals surface area contributed by atoms with Gasteiger partial charge in [-0.25, -0.2) is 18.0 Å². The Balaban J connectivity index is 0.000000601. The number of rotatable bonds is 6. The third-order valence-corrected chi connectivity index (χ3v) is 5.69. The van der Waals surface area contributed by atoms with E-state index < -0.39 is 6.43 Å². The van der Waals surface area contributed by atoms with Gasteiger partial charge in [-0.3, -0.25) is 9.67 Å². The lowest BCUT2D eigenvalue weighted by molar-refractivity contribution is 0.171. The highest BCUT2D eigenvalue weighted by molar-refractivity contribution is 5.93. The van der Waals surface area contributed by atoms with Crippen molar-refractivity contribution in [2.24, 2.45) is 5.92 Å². The first-order chi connectivity index (χ1) is 15.9. The standard InChI is InChI=1S/C22H22FN5O.C2H4F2/c23-19-10-18-20(4-3-14-1-2-14)26-22(29)27-21(18)9-16(19)12-28-13-17(11-25-28)15-5-7-24-8-6-15;1-2(3)4/h5-11,13-14,20H,1-4,12H2,(H2,26,27,29);2H,1H3/t20-;/m0./s1. The zero-order valence-electron chi connectivity index (χ0n) is 18.3. The molecule has 0 bridgehead atoms. The third-order valence-electron chi connectivity index (χ3n) is 5.69. The van der Waals surface area contributed by atoms with Gasteiger partial charge in [-0.2, -0.15) is 5.10 Å². The van der Waals surface area contributed by atoms with E-state index in [1.807, 2.05) is 18.3 Å². The predicted octanol–water partition coefficient (Wildman–Crippen LogP) is 5.77. The lowest BCUT2D eigenvalue weighted by Gasteiger charge is -2.28. The number of benzene rings is 1. The molecule has 174 valence electrons. The van der Waals surface area contributed by atoms with Gasteiger partial charge < -0.3 is 10.6 Å². The van der Waals surface area contributed by atoms with Crippen LogP contribution in [0.1, 0.15) is 49.8 Å². The Morgan fingerprint density at radius 1 is 1.15 bits per heavy atom. The molecule has 2 amide bonds. The molecule has 3 heterocycles. The molecule has 2 aromatic heterocycles. The number of carbonyl (C=O) groups excluding carboxylic acids is 1. The molecule has 6 nitrogen and oxygen atoms in total. The molecular formula is C24H26F3N5O. The molecule has 0 unspecified atom stereocenters. The average Bonchev–Trinajstić information content (AvgIpc) is 3.49. The number of pyridine rings is 1. The van der Waals surface area contributed by atoms with Gasteiger partial charge in [0.25, 0.3) is 0 Å². The SMILES string of the molecule is CC(F)F.O=C1Nc2cc(Cn3cc(-c4ccncc4)cn3)c(F)cc2[C@H](CCC2CC2)N1. The topological polar surface area (TPSA) is 71.8 Å². The van der Waals surface area contributed by atoms with Crippen molar-refractivity contribution in [3.8, 4) is 11.1 Å². The summed E-state index contributed by atoms with van der Waals surface area (Å²) in [5, 5.41) is 10.1. The Morgan fingerprint density at radius 3 is 2.58 bits per heavy atom. The molecule has 2 N–H and O–H groups in total. The third kappa shape index (κ3) is 6.12. The number of halogens is 3. The molecule has 9 heteroatoms. The summed E-state index contributed by atoms with van der Waals surface area (Å²) in [6.45, 7) is 1.13. The fraction of sp³-hybridized carbons (Fsp3) is 0.375. The van der Waals surface area contributed by atoms with Crippen LogP contribution in [0.3, 0.4) is 0 Å². The monoisotopic (exact) mass is 457 g/mol. The zero-order valence-corrected chi connectivity index (χ0v) is 18.3. The Hall–Kier alpha value is -3.36. The van der Waals surface area contributed by atoms with Gasteiger partial charge in [0.2, 0.25) is 6.43 Å². The van der Waals surface area contributed by atoms with Gasteiger partial charge in [0.15, 0.2) is 0 Å². The zero-order chi connectivity index (χ0) is 23.4. The average molecular weight is 458 g/mol. The number of hydrogen-bond donors (Lipinski definition) is 2. The van der Waals surface area contributed by atoms with Crippen molar-refractivity contribution in [3.05, 3.63) is 66.0 Å². The van der Waals surface area contributed by atoms with Crippen LogP contribution in [0, 0.1) is 11.7 Å². The summed E-state index contributed by atoms with van der Waals surface area (Å²) in [5.74, 6) is 0.489. The Morgan fingerprint density at radius 2 is 1.88 bits per heavy atom. The number of carbonyl (C=O) groups is 1. The Kier molecular flexibility index (Phi) is 6.96. The van der Waals surface area contributed by atoms with E-state index in [0.29, 0.717) is 17.8 Å². The van der Waals surface area contributed by atoms with E-state index in [1.54, 1.807) is 35.4 Å². The predicted molar refractivity (Wildman–Crippen MR) is 119 cm³/mol. The molecule has 33 heavy (non-hydrogen) atoms. The second kappa shape index (κ2) is 10.1. The minimum atomic E-state index is -2.17. The normalized spacial score (nSPS) is 17.0. The summed E-state index contributed by atoms with van der Waals surface area (Å²) in [4.78, 5) is 16.1. The van der Waals surface area contributed by atoms with Gasteiger partial charge >= 0.3 is 6.03 Å². The minimum absolute atomic E-state index is 0.133. The molecule has 1 aromatic carbocycles. The van der Waals surface area contributed by atoms with Gasteiger partial charge in [0.05, 0.1) is 18.8 Å². The van der Waals surface area contributed by atoms with Crippen LogP contribution in [0.2, 0.25) is 0 Å². The molecule has 0 radical (unpaired) electrons. The Labute approximate surface area is 190 Å². The van der Waals surface area contributed by atoms with E-state index >= 15 is 0 Å². The van der Waals surface area contributed by atoms with Crippen LogP contribution >= 0.6 is 0 Å². The van der Waals surface area contributed by atoms with Crippen molar-refractivity contribution in [3.63, 3.8) is 0 Å². The molecular weight excluding hydrogens is 431 g/mol. The number of amides is 2. The van der Waals surface area contributed by atoms with E-state index in [9.17, 15) is 18.0 Å². The van der Waals surface area contributed by atoms with Crippen LogP contribution in [0.15, 0.2) is 49.1 Å². The fourth-order valence-corrected chi connectivity index (χ4v) is 3.90. The largest absolute Gasteiger partial charge is 0.331 e. The number of fused-ring (bicyclic) bond motifs is 1. The van der Waals surface area contributed by atoms with Crippen LogP contribution < -0.4 is 10.6 Å². The summed E-state index contributed by atoms with van der Waals surface area (Å²) in [6.07, 6.45) is 9.38. The van der Waals surface area contributed by atoms with Crippen molar-refractivity contribution in [1.82, 2.24) is 20.1 Å². The maximum absolute atomic E-state index is 14.9. The van der Waals surface area contributed by atoms with Crippen molar-refractivity contribution in [1.29, 1.82) is 0 Å². The molecule has 1 fully saturated rings. The molecule has 5 rings (SSSR count). The first kappa shape index (κ1) is 22.8. The van der Waals surface area contributed by atoms with E-state index in [1.165, 1.54) is 12.8 Å². The molecule has 2 aliphatic rings. The van der Waals surface area contributed by atoms with E-state index in [-0.39, 0.29) is 17.9 Å². The smallest absolute Gasteiger partial charge is 0.319 e. The van der Waals surface area contributed by atoms with Crippen molar-refractivity contribution >= 4 is 11.7 Å². The highest BCUT2D eigenvalue weighted by Crippen LogP contribution is 2.38. The number of nitrogens with one attached hydrogen (secondary N) is 2.